The van der Waals surface area contributed by atoms with Gasteiger partial charge in [-0.25, -0.2) is 0 Å². The molecule has 3 aromatic rings. The molecule has 1 heterocycles. The molecule has 0 bridgehead atoms. The molecule has 2 heteroatoms. The first-order chi connectivity index (χ1) is 8.27. The standard InChI is InChI=1S/C15H12OS/c1-10-13-5-3-2-4-11(13)8-14(15(10)16)12-6-7-17-9-12/h2-9,16H,1H3. The fourth-order valence-electron chi connectivity index (χ4n) is 2.16. The van der Waals surface area contributed by atoms with Crippen LogP contribution in [0, 0.1) is 6.92 Å². The number of aryl methyl sites for hydroxylation is 1. The third-order valence-electron chi connectivity index (χ3n) is 3.11. The maximum Gasteiger partial charge on any atom is 0.126 e. The molecule has 2 aromatic carbocycles. The summed E-state index contributed by atoms with van der Waals surface area (Å²) in [6.07, 6.45) is 0. The van der Waals surface area contributed by atoms with E-state index in [1.165, 1.54) is 5.39 Å². The van der Waals surface area contributed by atoms with Crippen molar-refractivity contribution in [1.82, 2.24) is 0 Å². The van der Waals surface area contributed by atoms with Crippen LogP contribution in [0.3, 0.4) is 0 Å². The van der Waals surface area contributed by atoms with Crippen LogP contribution in [0.15, 0.2) is 47.2 Å². The molecule has 1 N–H and O–H groups in total. The van der Waals surface area contributed by atoms with Gasteiger partial charge in [-0.3, -0.25) is 0 Å². The maximum atomic E-state index is 10.3. The second-order valence-corrected chi connectivity index (χ2v) is 4.91. The van der Waals surface area contributed by atoms with Crippen LogP contribution in [0.5, 0.6) is 5.75 Å². The average molecular weight is 240 g/mol. The number of phenolic OH excluding ortho intramolecular Hbond substituents is 1. The van der Waals surface area contributed by atoms with E-state index in [0.29, 0.717) is 5.75 Å². The Bertz CT molecular complexity index is 669. The zero-order chi connectivity index (χ0) is 11.8. The van der Waals surface area contributed by atoms with Gasteiger partial charge in [0.2, 0.25) is 0 Å². The van der Waals surface area contributed by atoms with Crippen LogP contribution in [-0.4, -0.2) is 5.11 Å². The Kier molecular flexibility index (Phi) is 2.37. The van der Waals surface area contributed by atoms with Crippen LogP contribution in [0.25, 0.3) is 21.9 Å². The highest BCUT2D eigenvalue weighted by Gasteiger charge is 2.10. The van der Waals surface area contributed by atoms with Gasteiger partial charge in [0.15, 0.2) is 0 Å². The van der Waals surface area contributed by atoms with Crippen molar-refractivity contribution in [1.29, 1.82) is 0 Å². The summed E-state index contributed by atoms with van der Waals surface area (Å²) in [5.74, 6) is 0.391. The third kappa shape index (κ3) is 1.61. The van der Waals surface area contributed by atoms with Gasteiger partial charge in [0.25, 0.3) is 0 Å². The second-order valence-electron chi connectivity index (χ2n) is 4.13. The molecular weight excluding hydrogens is 228 g/mol. The number of hydrogen-bond acceptors (Lipinski definition) is 2. The Labute approximate surface area is 104 Å². The summed E-state index contributed by atoms with van der Waals surface area (Å²) in [7, 11) is 0. The van der Waals surface area contributed by atoms with Gasteiger partial charge in [-0.15, -0.1) is 0 Å². The zero-order valence-electron chi connectivity index (χ0n) is 9.47. The highest BCUT2D eigenvalue weighted by atomic mass is 32.1. The Morgan fingerprint density at radius 1 is 1.12 bits per heavy atom. The predicted octanol–water partition coefficient (Wildman–Crippen LogP) is 4.58. The first-order valence-electron chi connectivity index (χ1n) is 5.51. The average Bonchev–Trinajstić information content (AvgIpc) is 2.87. The highest BCUT2D eigenvalue weighted by molar-refractivity contribution is 7.08. The minimum absolute atomic E-state index is 0.391. The molecule has 0 aliphatic heterocycles. The molecule has 1 nitrogen and oxygen atoms in total. The van der Waals surface area contributed by atoms with E-state index in [9.17, 15) is 5.11 Å². The number of phenols is 1. The van der Waals surface area contributed by atoms with Gasteiger partial charge >= 0.3 is 0 Å². The zero-order valence-corrected chi connectivity index (χ0v) is 10.3. The summed E-state index contributed by atoms with van der Waals surface area (Å²) in [6, 6.07) is 12.2. The van der Waals surface area contributed by atoms with Gasteiger partial charge in [-0.2, -0.15) is 11.3 Å². The summed E-state index contributed by atoms with van der Waals surface area (Å²) < 4.78 is 0. The van der Waals surface area contributed by atoms with E-state index < -0.39 is 0 Å². The van der Waals surface area contributed by atoms with Gasteiger partial charge in [0, 0.05) is 5.56 Å². The molecule has 17 heavy (non-hydrogen) atoms. The van der Waals surface area contributed by atoms with Crippen molar-refractivity contribution in [2.45, 2.75) is 6.92 Å². The fourth-order valence-corrected chi connectivity index (χ4v) is 2.81. The summed E-state index contributed by atoms with van der Waals surface area (Å²) in [4.78, 5) is 0. The molecule has 0 aliphatic rings. The van der Waals surface area contributed by atoms with E-state index in [1.807, 2.05) is 36.6 Å². The smallest absolute Gasteiger partial charge is 0.126 e. The number of hydrogen-bond donors (Lipinski definition) is 1. The molecule has 0 spiro atoms. The van der Waals surface area contributed by atoms with Gasteiger partial charge in [-0.1, -0.05) is 24.3 Å². The van der Waals surface area contributed by atoms with E-state index in [1.54, 1.807) is 11.3 Å². The molecule has 3 rings (SSSR count). The van der Waals surface area contributed by atoms with Gasteiger partial charge in [0.1, 0.15) is 5.75 Å². The van der Waals surface area contributed by atoms with Gasteiger partial charge < -0.3 is 5.11 Å². The van der Waals surface area contributed by atoms with E-state index in [0.717, 1.165) is 22.1 Å². The van der Waals surface area contributed by atoms with E-state index in [2.05, 4.69) is 17.5 Å². The molecule has 0 amide bonds. The first kappa shape index (κ1) is 10.4. The molecule has 1 aromatic heterocycles. The van der Waals surface area contributed by atoms with Gasteiger partial charge in [0.05, 0.1) is 0 Å². The van der Waals surface area contributed by atoms with Gasteiger partial charge in [-0.05, 0) is 51.7 Å². The van der Waals surface area contributed by atoms with Crippen molar-refractivity contribution in [3.8, 4) is 16.9 Å². The topological polar surface area (TPSA) is 20.2 Å². The lowest BCUT2D eigenvalue weighted by molar-refractivity contribution is 0.474. The number of thiophene rings is 1. The summed E-state index contributed by atoms with van der Waals surface area (Å²) in [5, 5.41) is 16.6. The molecule has 0 fully saturated rings. The largest absolute Gasteiger partial charge is 0.507 e. The Balaban J connectivity index is 2.37. The molecule has 0 saturated carbocycles. The van der Waals surface area contributed by atoms with Crippen molar-refractivity contribution in [2.24, 2.45) is 0 Å². The quantitative estimate of drug-likeness (QED) is 0.660. The predicted molar refractivity (Wildman–Crippen MR) is 73.7 cm³/mol. The fraction of sp³-hybridized carbons (Fsp3) is 0.0667. The maximum absolute atomic E-state index is 10.3. The van der Waals surface area contributed by atoms with Crippen molar-refractivity contribution in [2.75, 3.05) is 0 Å². The minimum atomic E-state index is 0.391. The Morgan fingerprint density at radius 3 is 2.71 bits per heavy atom. The van der Waals surface area contributed by atoms with Crippen LogP contribution >= 0.6 is 11.3 Å². The number of benzene rings is 2. The lowest BCUT2D eigenvalue weighted by Gasteiger charge is -2.09. The van der Waals surface area contributed by atoms with E-state index in [-0.39, 0.29) is 0 Å². The number of fused-ring (bicyclic) bond motifs is 1. The molecule has 0 radical (unpaired) electrons. The monoisotopic (exact) mass is 240 g/mol. The molecule has 84 valence electrons. The molecule has 0 saturated heterocycles. The highest BCUT2D eigenvalue weighted by Crippen LogP contribution is 2.37. The van der Waals surface area contributed by atoms with Crippen LogP contribution in [-0.2, 0) is 0 Å². The molecular formula is C15H12OS. The summed E-state index contributed by atoms with van der Waals surface area (Å²) in [5.41, 5.74) is 2.95. The van der Waals surface area contributed by atoms with E-state index in [4.69, 9.17) is 0 Å². The second kappa shape index (κ2) is 3.90. The Morgan fingerprint density at radius 2 is 1.94 bits per heavy atom. The first-order valence-corrected chi connectivity index (χ1v) is 6.45. The van der Waals surface area contributed by atoms with Crippen molar-refractivity contribution >= 4 is 22.1 Å². The van der Waals surface area contributed by atoms with Crippen LogP contribution < -0.4 is 0 Å². The lowest BCUT2D eigenvalue weighted by atomic mass is 9.97. The summed E-state index contributed by atoms with van der Waals surface area (Å²) >= 11 is 1.64. The third-order valence-corrected chi connectivity index (χ3v) is 3.79. The van der Waals surface area contributed by atoms with Crippen molar-refractivity contribution < 1.29 is 5.11 Å². The van der Waals surface area contributed by atoms with Crippen LogP contribution in [0.1, 0.15) is 5.56 Å². The van der Waals surface area contributed by atoms with Crippen LogP contribution in [0.2, 0.25) is 0 Å². The van der Waals surface area contributed by atoms with Crippen LogP contribution in [0.4, 0.5) is 0 Å². The number of rotatable bonds is 1. The molecule has 0 unspecified atom stereocenters. The van der Waals surface area contributed by atoms with Crippen molar-refractivity contribution in [3.63, 3.8) is 0 Å². The number of aromatic hydroxyl groups is 1. The minimum Gasteiger partial charge on any atom is -0.507 e. The normalized spacial score (nSPS) is 10.9. The molecule has 0 atom stereocenters. The van der Waals surface area contributed by atoms with Crippen molar-refractivity contribution in [3.05, 3.63) is 52.7 Å². The Hall–Kier alpha value is -1.80. The SMILES string of the molecule is Cc1c(O)c(-c2ccsc2)cc2ccccc12. The lowest BCUT2D eigenvalue weighted by Crippen LogP contribution is -1.84. The molecule has 0 aliphatic carbocycles. The van der Waals surface area contributed by atoms with E-state index >= 15 is 0 Å². The summed E-state index contributed by atoms with van der Waals surface area (Å²) in [6.45, 7) is 1.97.